The van der Waals surface area contributed by atoms with Crippen LogP contribution in [0.5, 0.6) is 0 Å². The number of anilines is 1. The lowest BCUT2D eigenvalue weighted by Gasteiger charge is -2.14. The minimum atomic E-state index is -3.20. The molecular weight excluding hydrogens is 249 g/mol. The maximum atomic E-state index is 12.6. The molecule has 0 aromatic carbocycles. The van der Waals surface area contributed by atoms with Gasteiger partial charge in [-0.3, -0.25) is 0 Å². The first-order chi connectivity index (χ1) is 6.94. The summed E-state index contributed by atoms with van der Waals surface area (Å²) in [7, 11) is 0. The van der Waals surface area contributed by atoms with Crippen molar-refractivity contribution in [2.75, 3.05) is 18.5 Å². The predicted octanol–water partition coefficient (Wildman–Crippen LogP) is 2.43. The average molecular weight is 257 g/mol. The molecule has 0 bridgehead atoms. The summed E-state index contributed by atoms with van der Waals surface area (Å²) in [6, 6.07) is 1.38. The third-order valence-corrected chi connectivity index (χ3v) is 2.05. The van der Waals surface area contributed by atoms with Crippen molar-refractivity contribution >= 4 is 29.0 Å². The van der Waals surface area contributed by atoms with Gasteiger partial charge in [-0.25, -0.2) is 13.8 Å². The SMILES string of the molecule is OCC(F)(F)CNc1ncc(Cl)cc1Cl. The van der Waals surface area contributed by atoms with Gasteiger partial charge in [0.25, 0.3) is 5.92 Å². The van der Waals surface area contributed by atoms with Gasteiger partial charge in [-0.1, -0.05) is 23.2 Å². The lowest BCUT2D eigenvalue weighted by atomic mass is 10.3. The fraction of sp³-hybridized carbons (Fsp3) is 0.375. The third kappa shape index (κ3) is 3.77. The molecule has 0 aliphatic carbocycles. The van der Waals surface area contributed by atoms with Gasteiger partial charge in [-0.05, 0) is 6.07 Å². The molecular formula is C8H8Cl2F2N2O. The molecule has 0 spiro atoms. The van der Waals surface area contributed by atoms with Crippen molar-refractivity contribution in [1.29, 1.82) is 0 Å². The Kier molecular flexibility index (Phi) is 4.07. The molecule has 7 heteroatoms. The number of nitrogens with one attached hydrogen (secondary N) is 1. The van der Waals surface area contributed by atoms with E-state index < -0.39 is 19.1 Å². The summed E-state index contributed by atoms with van der Waals surface area (Å²) >= 11 is 11.3. The second-order valence-electron chi connectivity index (χ2n) is 2.85. The van der Waals surface area contributed by atoms with E-state index in [0.717, 1.165) is 0 Å². The van der Waals surface area contributed by atoms with Crippen molar-refractivity contribution < 1.29 is 13.9 Å². The molecule has 1 aromatic heterocycles. The van der Waals surface area contributed by atoms with Gasteiger partial charge in [-0.15, -0.1) is 0 Å². The molecule has 1 aromatic rings. The summed E-state index contributed by atoms with van der Waals surface area (Å²) in [5.41, 5.74) is 0. The number of aliphatic hydroxyl groups is 1. The molecule has 0 fully saturated rings. The summed E-state index contributed by atoms with van der Waals surface area (Å²) < 4.78 is 25.3. The highest BCUT2D eigenvalue weighted by atomic mass is 35.5. The maximum absolute atomic E-state index is 12.6. The lowest BCUT2D eigenvalue weighted by molar-refractivity contribution is -0.0373. The van der Waals surface area contributed by atoms with Crippen molar-refractivity contribution in [3.8, 4) is 0 Å². The predicted molar refractivity (Wildman–Crippen MR) is 54.8 cm³/mol. The number of pyridine rings is 1. The van der Waals surface area contributed by atoms with Crippen molar-refractivity contribution in [2.45, 2.75) is 5.92 Å². The molecule has 0 atom stereocenters. The van der Waals surface area contributed by atoms with Crippen LogP contribution in [0.25, 0.3) is 0 Å². The van der Waals surface area contributed by atoms with Crippen LogP contribution in [0, 0.1) is 0 Å². The molecule has 0 aliphatic heterocycles. The van der Waals surface area contributed by atoms with Crippen LogP contribution >= 0.6 is 23.2 Å². The van der Waals surface area contributed by atoms with E-state index in [1.54, 1.807) is 0 Å². The van der Waals surface area contributed by atoms with Gasteiger partial charge in [0, 0.05) is 6.20 Å². The summed E-state index contributed by atoms with van der Waals surface area (Å²) in [5.74, 6) is -3.10. The number of hydrogen-bond donors (Lipinski definition) is 2. The first-order valence-corrected chi connectivity index (χ1v) is 4.74. The zero-order chi connectivity index (χ0) is 11.5. The second-order valence-corrected chi connectivity index (χ2v) is 3.70. The van der Waals surface area contributed by atoms with Gasteiger partial charge in [0.2, 0.25) is 0 Å². The molecule has 84 valence electrons. The normalized spacial score (nSPS) is 11.5. The quantitative estimate of drug-likeness (QED) is 0.870. The zero-order valence-corrected chi connectivity index (χ0v) is 8.99. The Balaban J connectivity index is 2.66. The van der Waals surface area contributed by atoms with Crippen molar-refractivity contribution in [3.63, 3.8) is 0 Å². The van der Waals surface area contributed by atoms with Crippen molar-refractivity contribution in [3.05, 3.63) is 22.3 Å². The standard InChI is InChI=1S/C8H8Cl2F2N2O/c9-5-1-6(10)7(13-2-5)14-3-8(11,12)4-15/h1-2,15H,3-4H2,(H,13,14). The first kappa shape index (κ1) is 12.4. The highest BCUT2D eigenvalue weighted by molar-refractivity contribution is 6.35. The smallest absolute Gasteiger partial charge is 0.287 e. The van der Waals surface area contributed by atoms with Crippen LogP contribution in [0.4, 0.5) is 14.6 Å². The van der Waals surface area contributed by atoms with Crippen LogP contribution in [-0.4, -0.2) is 29.2 Å². The number of aromatic nitrogens is 1. The third-order valence-electron chi connectivity index (χ3n) is 1.55. The summed E-state index contributed by atoms with van der Waals surface area (Å²) in [4.78, 5) is 3.73. The minimum absolute atomic E-state index is 0.106. The highest BCUT2D eigenvalue weighted by Gasteiger charge is 2.27. The van der Waals surface area contributed by atoms with E-state index in [-0.39, 0.29) is 10.8 Å². The topological polar surface area (TPSA) is 45.1 Å². The summed E-state index contributed by atoms with van der Waals surface area (Å²) in [6.07, 6.45) is 1.28. The maximum Gasteiger partial charge on any atom is 0.287 e. The van der Waals surface area contributed by atoms with Crippen molar-refractivity contribution in [1.82, 2.24) is 4.98 Å². The number of aliphatic hydroxyl groups excluding tert-OH is 1. The fourth-order valence-electron chi connectivity index (χ4n) is 0.814. The summed E-state index contributed by atoms with van der Waals surface area (Å²) in [5, 5.41) is 11.1. The molecule has 0 radical (unpaired) electrons. The number of nitrogens with zero attached hydrogens (tertiary/aromatic N) is 1. The Morgan fingerprint density at radius 2 is 2.13 bits per heavy atom. The monoisotopic (exact) mass is 256 g/mol. The molecule has 15 heavy (non-hydrogen) atoms. The van der Waals surface area contributed by atoms with Crippen LogP contribution in [0.3, 0.4) is 0 Å². The first-order valence-electron chi connectivity index (χ1n) is 3.98. The molecule has 1 rings (SSSR count). The fourth-order valence-corrected chi connectivity index (χ4v) is 1.26. The largest absolute Gasteiger partial charge is 0.390 e. The van der Waals surface area contributed by atoms with E-state index in [2.05, 4.69) is 10.3 Å². The molecule has 1 heterocycles. The number of alkyl halides is 2. The van der Waals surface area contributed by atoms with E-state index in [1.807, 2.05) is 0 Å². The molecule has 2 N–H and O–H groups in total. The molecule has 3 nitrogen and oxygen atoms in total. The van der Waals surface area contributed by atoms with E-state index >= 15 is 0 Å². The van der Waals surface area contributed by atoms with Crippen LogP contribution in [-0.2, 0) is 0 Å². The van der Waals surface area contributed by atoms with Crippen LogP contribution in [0.2, 0.25) is 10.0 Å². The molecule has 0 aliphatic rings. The Labute approximate surface area is 95.0 Å². The Hall–Kier alpha value is -0.650. The van der Waals surface area contributed by atoms with Gasteiger partial charge < -0.3 is 10.4 Å². The number of hydrogen-bond acceptors (Lipinski definition) is 3. The Morgan fingerprint density at radius 3 is 2.67 bits per heavy atom. The summed E-state index contributed by atoms with van der Waals surface area (Å²) in [6.45, 7) is -1.97. The Bertz CT molecular complexity index is 349. The van der Waals surface area contributed by atoms with Gasteiger partial charge >= 0.3 is 0 Å². The average Bonchev–Trinajstić information content (AvgIpc) is 2.16. The van der Waals surface area contributed by atoms with Gasteiger partial charge in [-0.2, -0.15) is 0 Å². The van der Waals surface area contributed by atoms with E-state index in [0.29, 0.717) is 5.02 Å². The molecule has 0 saturated carbocycles. The van der Waals surface area contributed by atoms with Crippen LogP contribution in [0.1, 0.15) is 0 Å². The number of halogens is 4. The lowest BCUT2D eigenvalue weighted by Crippen LogP contribution is -2.31. The van der Waals surface area contributed by atoms with Gasteiger partial charge in [0.15, 0.2) is 0 Å². The molecule has 0 amide bonds. The van der Waals surface area contributed by atoms with E-state index in [1.165, 1.54) is 12.3 Å². The van der Waals surface area contributed by atoms with Gasteiger partial charge in [0.05, 0.1) is 16.6 Å². The molecule has 0 unspecified atom stereocenters. The molecule has 0 saturated heterocycles. The minimum Gasteiger partial charge on any atom is -0.390 e. The van der Waals surface area contributed by atoms with Gasteiger partial charge in [0.1, 0.15) is 12.4 Å². The number of rotatable bonds is 4. The zero-order valence-electron chi connectivity index (χ0n) is 7.48. The van der Waals surface area contributed by atoms with Crippen LogP contribution < -0.4 is 5.32 Å². The second kappa shape index (κ2) is 4.92. The van der Waals surface area contributed by atoms with E-state index in [4.69, 9.17) is 28.3 Å². The Morgan fingerprint density at radius 1 is 1.47 bits per heavy atom. The van der Waals surface area contributed by atoms with E-state index in [9.17, 15) is 8.78 Å². The highest BCUT2D eigenvalue weighted by Crippen LogP contribution is 2.23. The van der Waals surface area contributed by atoms with Crippen LogP contribution in [0.15, 0.2) is 12.3 Å². The van der Waals surface area contributed by atoms with Crippen molar-refractivity contribution in [2.24, 2.45) is 0 Å².